The van der Waals surface area contributed by atoms with Crippen LogP contribution in [0.5, 0.6) is 0 Å². The van der Waals surface area contributed by atoms with Gasteiger partial charge in [0.25, 0.3) is 0 Å². The van der Waals surface area contributed by atoms with Crippen LogP contribution >= 0.6 is 11.8 Å². The second-order valence-electron chi connectivity index (χ2n) is 8.26. The van der Waals surface area contributed by atoms with Gasteiger partial charge in [0.2, 0.25) is 5.91 Å². The van der Waals surface area contributed by atoms with E-state index in [1.807, 2.05) is 32.0 Å². The normalized spacial score (nSPS) is 15.5. The number of thioether (sulfide) groups is 1. The number of rotatable bonds is 7. The molecule has 6 heteroatoms. The number of hydrogen-bond acceptors (Lipinski definition) is 4. The summed E-state index contributed by atoms with van der Waals surface area (Å²) in [7, 11) is 0. The fourth-order valence-corrected chi connectivity index (χ4v) is 5.16. The molecule has 1 atom stereocenters. The first kappa shape index (κ1) is 21.6. The molecular weight excluding hydrogens is 404 g/mol. The van der Waals surface area contributed by atoms with E-state index in [0.29, 0.717) is 11.8 Å². The molecule has 0 bridgehead atoms. The Morgan fingerprint density at radius 2 is 1.71 bits per heavy atom. The van der Waals surface area contributed by atoms with Gasteiger partial charge in [0, 0.05) is 6.04 Å². The number of nitrogens with one attached hydrogen (secondary N) is 1. The maximum Gasteiger partial charge on any atom is 0.230 e. The number of aromatic nitrogens is 3. The van der Waals surface area contributed by atoms with E-state index in [1.54, 1.807) is 0 Å². The molecule has 162 valence electrons. The van der Waals surface area contributed by atoms with Gasteiger partial charge >= 0.3 is 0 Å². The van der Waals surface area contributed by atoms with Gasteiger partial charge in [-0.3, -0.25) is 4.79 Å². The van der Waals surface area contributed by atoms with Crippen LogP contribution in [0, 0.1) is 6.92 Å². The van der Waals surface area contributed by atoms with Crippen molar-refractivity contribution in [2.75, 3.05) is 5.75 Å². The van der Waals surface area contributed by atoms with Crippen LogP contribution < -0.4 is 5.32 Å². The predicted octanol–water partition coefficient (Wildman–Crippen LogP) is 5.73. The molecule has 4 rings (SSSR count). The Morgan fingerprint density at radius 1 is 1.03 bits per heavy atom. The van der Waals surface area contributed by atoms with Crippen LogP contribution in [0.3, 0.4) is 0 Å². The Morgan fingerprint density at radius 3 is 2.42 bits per heavy atom. The van der Waals surface area contributed by atoms with Crippen molar-refractivity contribution in [1.29, 1.82) is 0 Å². The lowest BCUT2D eigenvalue weighted by Gasteiger charge is -2.25. The molecule has 0 radical (unpaired) electrons. The standard InChI is InChI=1S/C25H30N4OS/c1-18(20-13-15-22(16-14-20)21-9-5-3-6-10-21)26-24(30)17-31-25-28-27-19(2)29(25)23-11-7-4-8-12-23/h3,5-6,9-10,13-16,18,23H,4,7-8,11-12,17H2,1-2H3,(H,26,30). The Balaban J connectivity index is 1.33. The molecule has 1 aromatic heterocycles. The third-order valence-electron chi connectivity index (χ3n) is 6.00. The van der Waals surface area contributed by atoms with Crippen LogP contribution in [0.1, 0.15) is 62.5 Å². The van der Waals surface area contributed by atoms with Crippen molar-refractivity contribution >= 4 is 17.7 Å². The lowest BCUT2D eigenvalue weighted by molar-refractivity contribution is -0.119. The summed E-state index contributed by atoms with van der Waals surface area (Å²) < 4.78 is 2.24. The monoisotopic (exact) mass is 434 g/mol. The van der Waals surface area contributed by atoms with Gasteiger partial charge in [0.15, 0.2) is 5.16 Å². The van der Waals surface area contributed by atoms with Crippen molar-refractivity contribution in [3.8, 4) is 11.1 Å². The minimum Gasteiger partial charge on any atom is -0.349 e. The number of carbonyl (C=O) groups is 1. The van der Waals surface area contributed by atoms with Gasteiger partial charge in [0.1, 0.15) is 5.82 Å². The molecule has 1 heterocycles. The van der Waals surface area contributed by atoms with Gasteiger partial charge in [-0.1, -0.05) is 85.6 Å². The highest BCUT2D eigenvalue weighted by Gasteiger charge is 2.22. The van der Waals surface area contributed by atoms with Gasteiger partial charge < -0.3 is 9.88 Å². The summed E-state index contributed by atoms with van der Waals surface area (Å²) in [6, 6.07) is 19.1. The number of amides is 1. The predicted molar refractivity (Wildman–Crippen MR) is 126 cm³/mol. The number of hydrogen-bond donors (Lipinski definition) is 1. The zero-order valence-electron chi connectivity index (χ0n) is 18.3. The van der Waals surface area contributed by atoms with Gasteiger partial charge in [-0.2, -0.15) is 0 Å². The molecule has 1 aliphatic carbocycles. The van der Waals surface area contributed by atoms with E-state index < -0.39 is 0 Å². The van der Waals surface area contributed by atoms with Gasteiger partial charge in [-0.15, -0.1) is 10.2 Å². The average molecular weight is 435 g/mol. The molecule has 0 spiro atoms. The molecule has 0 saturated heterocycles. The summed E-state index contributed by atoms with van der Waals surface area (Å²) in [5.74, 6) is 1.30. The first-order valence-corrected chi connectivity index (χ1v) is 12.1. The summed E-state index contributed by atoms with van der Waals surface area (Å²) in [5.41, 5.74) is 3.47. The highest BCUT2D eigenvalue weighted by molar-refractivity contribution is 7.99. The molecule has 0 aliphatic heterocycles. The Labute approximate surface area is 188 Å². The SMILES string of the molecule is Cc1nnc(SCC(=O)NC(C)c2ccc(-c3ccccc3)cc2)n1C1CCCCC1. The molecule has 1 amide bonds. The highest BCUT2D eigenvalue weighted by Crippen LogP contribution is 2.32. The van der Waals surface area contributed by atoms with Crippen LogP contribution in [0.2, 0.25) is 0 Å². The fourth-order valence-electron chi connectivity index (χ4n) is 4.30. The van der Waals surface area contributed by atoms with Gasteiger partial charge in [-0.25, -0.2) is 0 Å². The summed E-state index contributed by atoms with van der Waals surface area (Å²) in [6.07, 6.45) is 6.18. The molecule has 1 aliphatic rings. The van der Waals surface area contributed by atoms with Crippen LogP contribution in [-0.4, -0.2) is 26.4 Å². The summed E-state index contributed by atoms with van der Waals surface area (Å²) in [5, 5.41) is 12.6. The zero-order chi connectivity index (χ0) is 21.6. The number of benzene rings is 2. The van der Waals surface area contributed by atoms with Crippen LogP contribution in [0.25, 0.3) is 11.1 Å². The number of aryl methyl sites for hydroxylation is 1. The van der Waals surface area contributed by atoms with Crippen molar-refractivity contribution in [2.24, 2.45) is 0 Å². The molecule has 1 fully saturated rings. The topological polar surface area (TPSA) is 59.8 Å². The minimum atomic E-state index is -0.0455. The van der Waals surface area contributed by atoms with E-state index in [1.165, 1.54) is 55.0 Å². The highest BCUT2D eigenvalue weighted by atomic mass is 32.2. The first-order valence-electron chi connectivity index (χ1n) is 11.1. The molecule has 31 heavy (non-hydrogen) atoms. The summed E-state index contributed by atoms with van der Waals surface area (Å²) in [4.78, 5) is 12.6. The summed E-state index contributed by atoms with van der Waals surface area (Å²) >= 11 is 1.48. The third-order valence-corrected chi connectivity index (χ3v) is 6.95. The number of carbonyl (C=O) groups excluding carboxylic acids is 1. The largest absolute Gasteiger partial charge is 0.349 e. The third kappa shape index (κ3) is 5.37. The molecule has 1 N–H and O–H groups in total. The lowest BCUT2D eigenvalue weighted by atomic mass is 9.95. The van der Waals surface area contributed by atoms with Crippen molar-refractivity contribution < 1.29 is 4.79 Å². The minimum absolute atomic E-state index is 0.0143. The van der Waals surface area contributed by atoms with E-state index in [2.05, 4.69) is 56.5 Å². The molecular formula is C25H30N4OS. The maximum atomic E-state index is 12.6. The van der Waals surface area contributed by atoms with E-state index >= 15 is 0 Å². The number of nitrogens with zero attached hydrogens (tertiary/aromatic N) is 3. The molecule has 3 aromatic rings. The fraction of sp³-hybridized carbons (Fsp3) is 0.400. The average Bonchev–Trinajstić information content (AvgIpc) is 3.19. The van der Waals surface area contributed by atoms with E-state index in [0.717, 1.165) is 16.5 Å². The van der Waals surface area contributed by atoms with Gasteiger partial charge in [0.05, 0.1) is 11.8 Å². The van der Waals surface area contributed by atoms with E-state index in [-0.39, 0.29) is 11.9 Å². The maximum absolute atomic E-state index is 12.6. The van der Waals surface area contributed by atoms with E-state index in [4.69, 9.17) is 0 Å². The van der Waals surface area contributed by atoms with Crippen LogP contribution in [0.4, 0.5) is 0 Å². The molecule has 5 nitrogen and oxygen atoms in total. The van der Waals surface area contributed by atoms with Crippen molar-refractivity contribution in [1.82, 2.24) is 20.1 Å². The Hall–Kier alpha value is -2.60. The smallest absolute Gasteiger partial charge is 0.230 e. The van der Waals surface area contributed by atoms with Crippen molar-refractivity contribution in [3.63, 3.8) is 0 Å². The zero-order valence-corrected chi connectivity index (χ0v) is 19.1. The summed E-state index contributed by atoms with van der Waals surface area (Å²) in [6.45, 7) is 4.03. The van der Waals surface area contributed by atoms with E-state index in [9.17, 15) is 4.79 Å². The van der Waals surface area contributed by atoms with Crippen molar-refractivity contribution in [2.45, 2.75) is 63.2 Å². The second-order valence-corrected chi connectivity index (χ2v) is 9.20. The first-order chi connectivity index (χ1) is 15.1. The molecule has 1 saturated carbocycles. The van der Waals surface area contributed by atoms with Crippen LogP contribution in [0.15, 0.2) is 59.8 Å². The van der Waals surface area contributed by atoms with Crippen LogP contribution in [-0.2, 0) is 4.79 Å². The molecule has 2 aromatic carbocycles. The van der Waals surface area contributed by atoms with Gasteiger partial charge in [-0.05, 0) is 43.4 Å². The second kappa shape index (κ2) is 10.1. The quantitative estimate of drug-likeness (QED) is 0.483. The lowest BCUT2D eigenvalue weighted by Crippen LogP contribution is -2.28. The van der Waals surface area contributed by atoms with Crippen molar-refractivity contribution in [3.05, 3.63) is 66.0 Å². The molecule has 1 unspecified atom stereocenters. The Bertz CT molecular complexity index is 994. The Kier molecular flexibility index (Phi) is 7.07.